The maximum absolute atomic E-state index is 13.6. The summed E-state index contributed by atoms with van der Waals surface area (Å²) in [6, 6.07) is 4.72. The molecule has 0 bridgehead atoms. The summed E-state index contributed by atoms with van der Waals surface area (Å²) in [5.74, 6) is -0.579. The number of carbonyl (C=O) groups excluding carboxylic acids is 1. The van der Waals surface area contributed by atoms with Gasteiger partial charge in [0.2, 0.25) is 5.91 Å². The molecule has 5 heteroatoms. The Morgan fingerprint density at radius 1 is 1.56 bits per heavy atom. The molecule has 0 spiro atoms. The van der Waals surface area contributed by atoms with Gasteiger partial charge < -0.3 is 10.6 Å². The van der Waals surface area contributed by atoms with Gasteiger partial charge in [0, 0.05) is 35.6 Å². The van der Waals surface area contributed by atoms with Crippen LogP contribution in [-0.4, -0.2) is 23.9 Å². The maximum Gasteiger partial charge on any atom is 0.226 e. The number of halogens is 2. The molecule has 1 aromatic rings. The van der Waals surface area contributed by atoms with Gasteiger partial charge in [-0.25, -0.2) is 4.39 Å². The molecule has 3 nitrogen and oxygen atoms in total. The van der Waals surface area contributed by atoms with Gasteiger partial charge in [-0.2, -0.15) is 0 Å². The molecule has 1 amide bonds. The summed E-state index contributed by atoms with van der Waals surface area (Å²) in [6.45, 7) is 4.76. The van der Waals surface area contributed by atoms with Gasteiger partial charge in [0.1, 0.15) is 5.82 Å². The quantitative estimate of drug-likeness (QED) is 0.907. The van der Waals surface area contributed by atoms with Crippen molar-refractivity contribution < 1.29 is 9.18 Å². The third-order valence-electron chi connectivity index (χ3n) is 2.84. The van der Waals surface area contributed by atoms with Crippen molar-refractivity contribution in [1.82, 2.24) is 4.90 Å². The third-order valence-corrected chi connectivity index (χ3v) is 3.33. The van der Waals surface area contributed by atoms with E-state index in [-0.39, 0.29) is 24.2 Å². The Balaban J connectivity index is 2.86. The molecule has 1 unspecified atom stereocenters. The summed E-state index contributed by atoms with van der Waals surface area (Å²) < 4.78 is 14.4. The van der Waals surface area contributed by atoms with Crippen molar-refractivity contribution in [3.8, 4) is 0 Å². The van der Waals surface area contributed by atoms with Crippen molar-refractivity contribution in [3.63, 3.8) is 0 Å². The highest BCUT2D eigenvalue weighted by Crippen LogP contribution is 2.18. The lowest BCUT2D eigenvalue weighted by molar-refractivity contribution is -0.135. The van der Waals surface area contributed by atoms with Crippen LogP contribution < -0.4 is 5.73 Å². The average molecular weight is 317 g/mol. The van der Waals surface area contributed by atoms with Gasteiger partial charge in [0.15, 0.2) is 0 Å². The van der Waals surface area contributed by atoms with E-state index in [0.29, 0.717) is 18.7 Å². The summed E-state index contributed by atoms with van der Waals surface area (Å²) in [5, 5.41) is 0. The lowest BCUT2D eigenvalue weighted by Crippen LogP contribution is -2.37. The number of nitrogens with two attached hydrogens (primary N) is 1. The molecular weight excluding hydrogens is 299 g/mol. The minimum absolute atomic E-state index is 0.0422. The number of amides is 1. The molecular formula is C13H18BrFN2O. The van der Waals surface area contributed by atoms with E-state index >= 15 is 0 Å². The molecule has 2 N–H and O–H groups in total. The van der Waals surface area contributed by atoms with E-state index < -0.39 is 0 Å². The number of rotatable bonds is 5. The van der Waals surface area contributed by atoms with Crippen molar-refractivity contribution in [3.05, 3.63) is 34.1 Å². The summed E-state index contributed by atoms with van der Waals surface area (Å²) >= 11 is 3.30. The first-order chi connectivity index (χ1) is 8.49. The van der Waals surface area contributed by atoms with E-state index in [9.17, 15) is 9.18 Å². The molecule has 0 heterocycles. The Morgan fingerprint density at radius 2 is 2.22 bits per heavy atom. The number of hydrogen-bond donors (Lipinski definition) is 1. The summed E-state index contributed by atoms with van der Waals surface area (Å²) in [7, 11) is 0. The van der Waals surface area contributed by atoms with E-state index in [1.165, 1.54) is 6.07 Å². The second-order valence-corrected chi connectivity index (χ2v) is 5.14. The fourth-order valence-electron chi connectivity index (χ4n) is 1.63. The number of hydrogen-bond acceptors (Lipinski definition) is 2. The second kappa shape index (κ2) is 6.85. The minimum Gasteiger partial charge on any atom is -0.338 e. The van der Waals surface area contributed by atoms with Gasteiger partial charge in [0.25, 0.3) is 0 Å². The molecule has 0 aliphatic rings. The van der Waals surface area contributed by atoms with Crippen LogP contribution in [0.15, 0.2) is 22.7 Å². The SMILES string of the molecule is CCN(Cc1cc(Br)ccc1F)C(=O)C(C)CN. The van der Waals surface area contributed by atoms with E-state index in [4.69, 9.17) is 5.73 Å². The topological polar surface area (TPSA) is 46.3 Å². The van der Waals surface area contributed by atoms with Crippen LogP contribution in [-0.2, 0) is 11.3 Å². The maximum atomic E-state index is 13.6. The second-order valence-electron chi connectivity index (χ2n) is 4.22. The van der Waals surface area contributed by atoms with Crippen molar-refractivity contribution in [2.45, 2.75) is 20.4 Å². The molecule has 0 saturated carbocycles. The van der Waals surface area contributed by atoms with Crippen molar-refractivity contribution in [2.75, 3.05) is 13.1 Å². The largest absolute Gasteiger partial charge is 0.338 e. The highest BCUT2D eigenvalue weighted by atomic mass is 79.9. The van der Waals surface area contributed by atoms with E-state index in [1.54, 1.807) is 24.0 Å². The molecule has 1 aromatic carbocycles. The molecule has 1 rings (SSSR count). The van der Waals surface area contributed by atoms with Crippen LogP contribution in [0.3, 0.4) is 0 Å². The number of nitrogens with zero attached hydrogens (tertiary/aromatic N) is 1. The molecule has 0 radical (unpaired) electrons. The molecule has 1 atom stereocenters. The van der Waals surface area contributed by atoms with Crippen LogP contribution in [0.1, 0.15) is 19.4 Å². The zero-order valence-electron chi connectivity index (χ0n) is 10.6. The predicted molar refractivity (Wildman–Crippen MR) is 73.4 cm³/mol. The standard InChI is InChI=1S/C13H18BrFN2O/c1-3-17(13(18)9(2)7-16)8-10-6-11(14)4-5-12(10)15/h4-6,9H,3,7-8,16H2,1-2H3. The zero-order chi connectivity index (χ0) is 13.7. The van der Waals surface area contributed by atoms with E-state index in [2.05, 4.69) is 15.9 Å². The number of benzene rings is 1. The van der Waals surface area contributed by atoms with Gasteiger partial charge in [-0.1, -0.05) is 22.9 Å². The summed E-state index contributed by atoms with van der Waals surface area (Å²) in [6.07, 6.45) is 0. The lowest BCUT2D eigenvalue weighted by atomic mass is 10.1. The van der Waals surface area contributed by atoms with Gasteiger partial charge in [-0.15, -0.1) is 0 Å². The molecule has 100 valence electrons. The van der Waals surface area contributed by atoms with Gasteiger partial charge in [0.05, 0.1) is 0 Å². The average Bonchev–Trinajstić information content (AvgIpc) is 2.37. The van der Waals surface area contributed by atoms with Gasteiger partial charge >= 0.3 is 0 Å². The summed E-state index contributed by atoms with van der Waals surface area (Å²) in [4.78, 5) is 13.6. The lowest BCUT2D eigenvalue weighted by Gasteiger charge is -2.24. The predicted octanol–water partition coefficient (Wildman–Crippen LogP) is 2.53. The fraction of sp³-hybridized carbons (Fsp3) is 0.462. The van der Waals surface area contributed by atoms with Gasteiger partial charge in [-0.05, 0) is 25.1 Å². The van der Waals surface area contributed by atoms with E-state index in [1.807, 2.05) is 6.92 Å². The molecule has 0 aliphatic carbocycles. The monoisotopic (exact) mass is 316 g/mol. The fourth-order valence-corrected chi connectivity index (χ4v) is 2.04. The highest BCUT2D eigenvalue weighted by Gasteiger charge is 2.19. The van der Waals surface area contributed by atoms with Crippen LogP contribution in [0.2, 0.25) is 0 Å². The Morgan fingerprint density at radius 3 is 2.78 bits per heavy atom. The third kappa shape index (κ3) is 3.78. The van der Waals surface area contributed by atoms with Crippen LogP contribution in [0.5, 0.6) is 0 Å². The smallest absolute Gasteiger partial charge is 0.226 e. The molecule has 0 saturated heterocycles. The van der Waals surface area contributed by atoms with Crippen LogP contribution in [0.25, 0.3) is 0 Å². The Kier molecular flexibility index (Phi) is 5.75. The van der Waals surface area contributed by atoms with Crippen LogP contribution in [0, 0.1) is 11.7 Å². The highest BCUT2D eigenvalue weighted by molar-refractivity contribution is 9.10. The molecule has 0 aromatic heterocycles. The van der Waals surface area contributed by atoms with Crippen molar-refractivity contribution in [1.29, 1.82) is 0 Å². The van der Waals surface area contributed by atoms with Crippen LogP contribution in [0.4, 0.5) is 4.39 Å². The minimum atomic E-state index is -0.301. The first kappa shape index (κ1) is 15.1. The molecule has 0 fully saturated rings. The molecule has 18 heavy (non-hydrogen) atoms. The zero-order valence-corrected chi connectivity index (χ0v) is 12.2. The first-order valence-electron chi connectivity index (χ1n) is 5.92. The normalized spacial score (nSPS) is 12.3. The van der Waals surface area contributed by atoms with Crippen molar-refractivity contribution in [2.24, 2.45) is 11.7 Å². The first-order valence-corrected chi connectivity index (χ1v) is 6.71. The van der Waals surface area contributed by atoms with Gasteiger partial charge in [-0.3, -0.25) is 4.79 Å². The molecule has 0 aliphatic heterocycles. The summed E-state index contributed by atoms with van der Waals surface area (Å²) in [5.41, 5.74) is 5.99. The van der Waals surface area contributed by atoms with Crippen molar-refractivity contribution >= 4 is 21.8 Å². The number of carbonyl (C=O) groups is 1. The Labute approximate surface area is 115 Å². The Bertz CT molecular complexity index is 425. The van der Waals surface area contributed by atoms with E-state index in [0.717, 1.165) is 4.47 Å². The Hall–Kier alpha value is -0.940. The van der Waals surface area contributed by atoms with Crippen LogP contribution >= 0.6 is 15.9 Å².